The highest BCUT2D eigenvalue weighted by atomic mass is 35.5. The fraction of sp³-hybridized carbons (Fsp3) is 0.286. The lowest BCUT2D eigenvalue weighted by Crippen LogP contribution is -2.22. The first-order chi connectivity index (χ1) is 11.9. The van der Waals surface area contributed by atoms with Crippen LogP contribution in [-0.2, 0) is 4.79 Å². The van der Waals surface area contributed by atoms with Crippen molar-refractivity contribution in [1.82, 2.24) is 0 Å². The summed E-state index contributed by atoms with van der Waals surface area (Å²) in [7, 11) is 0. The number of aryl methyl sites for hydroxylation is 1. The van der Waals surface area contributed by atoms with Gasteiger partial charge in [0.15, 0.2) is 0 Å². The third-order valence-electron chi connectivity index (χ3n) is 4.87. The Kier molecular flexibility index (Phi) is 5.20. The number of halogens is 2. The Morgan fingerprint density at radius 3 is 2.68 bits per heavy atom. The molecule has 1 aliphatic carbocycles. The molecule has 2 aromatic carbocycles. The molecule has 1 aliphatic rings. The Hall–Kier alpha value is -1.79. The zero-order valence-corrected chi connectivity index (χ0v) is 15.3. The van der Waals surface area contributed by atoms with Crippen LogP contribution in [0.15, 0.2) is 36.4 Å². The van der Waals surface area contributed by atoms with E-state index in [0.717, 1.165) is 22.3 Å². The van der Waals surface area contributed by atoms with Gasteiger partial charge in [0.05, 0.1) is 12.0 Å². The summed E-state index contributed by atoms with van der Waals surface area (Å²) in [5.74, 6) is 1.88. The van der Waals surface area contributed by atoms with Crippen LogP contribution in [0.2, 0.25) is 10.0 Å². The van der Waals surface area contributed by atoms with Gasteiger partial charge in [0.25, 0.3) is 0 Å². The molecule has 3 unspecified atom stereocenters. The van der Waals surface area contributed by atoms with Crippen LogP contribution in [0, 0.1) is 25.2 Å². The van der Waals surface area contributed by atoms with Gasteiger partial charge in [0.1, 0.15) is 5.78 Å². The Morgan fingerprint density at radius 1 is 1.24 bits per heavy atom. The lowest BCUT2D eigenvalue weighted by atomic mass is 9.87. The second-order valence-electron chi connectivity index (χ2n) is 6.50. The lowest BCUT2D eigenvalue weighted by molar-refractivity contribution is -0.119. The molecule has 128 valence electrons. The van der Waals surface area contributed by atoms with Crippen molar-refractivity contribution in [2.45, 2.75) is 31.8 Å². The van der Waals surface area contributed by atoms with E-state index in [9.17, 15) is 9.90 Å². The molecule has 1 N–H and O–H groups in total. The van der Waals surface area contributed by atoms with Gasteiger partial charge in [-0.3, -0.25) is 4.79 Å². The van der Waals surface area contributed by atoms with Crippen molar-refractivity contribution in [3.05, 3.63) is 57.6 Å². The van der Waals surface area contributed by atoms with E-state index in [-0.39, 0.29) is 11.7 Å². The number of aliphatic hydroxyl groups excluding tert-OH is 1. The number of carbonyl (C=O) groups excluding carboxylic acids is 1. The highest BCUT2D eigenvalue weighted by molar-refractivity contribution is 6.36. The molecular weight excluding hydrogens is 355 g/mol. The average molecular weight is 373 g/mol. The van der Waals surface area contributed by atoms with Gasteiger partial charge in [-0.1, -0.05) is 47.5 Å². The maximum Gasteiger partial charge on any atom is 0.143 e. The molecule has 0 radical (unpaired) electrons. The van der Waals surface area contributed by atoms with Gasteiger partial charge in [-0.15, -0.1) is 12.3 Å². The van der Waals surface area contributed by atoms with Gasteiger partial charge in [0, 0.05) is 34.4 Å². The van der Waals surface area contributed by atoms with Crippen LogP contribution in [0.1, 0.15) is 29.9 Å². The molecule has 0 heterocycles. The van der Waals surface area contributed by atoms with E-state index in [1.807, 2.05) is 31.2 Å². The molecule has 3 atom stereocenters. The van der Waals surface area contributed by atoms with E-state index >= 15 is 0 Å². The van der Waals surface area contributed by atoms with Crippen LogP contribution in [0.4, 0.5) is 0 Å². The van der Waals surface area contributed by atoms with Crippen molar-refractivity contribution in [2.24, 2.45) is 5.92 Å². The fourth-order valence-corrected chi connectivity index (χ4v) is 4.05. The molecule has 3 rings (SSSR count). The van der Waals surface area contributed by atoms with Crippen molar-refractivity contribution in [2.75, 3.05) is 0 Å². The maximum absolute atomic E-state index is 12.5. The number of rotatable bonds is 3. The van der Waals surface area contributed by atoms with Crippen LogP contribution in [0.25, 0.3) is 11.1 Å². The van der Waals surface area contributed by atoms with E-state index < -0.39 is 12.0 Å². The highest BCUT2D eigenvalue weighted by Gasteiger charge is 2.42. The number of ketones is 1. The third kappa shape index (κ3) is 3.46. The highest BCUT2D eigenvalue weighted by Crippen LogP contribution is 2.40. The maximum atomic E-state index is 12.5. The summed E-state index contributed by atoms with van der Waals surface area (Å²) in [5, 5.41) is 11.7. The molecule has 4 heteroatoms. The predicted octanol–water partition coefficient (Wildman–Crippen LogP) is 5.03. The predicted molar refractivity (Wildman–Crippen MR) is 102 cm³/mol. The largest absolute Gasteiger partial charge is 0.392 e. The molecule has 1 fully saturated rings. The summed E-state index contributed by atoms with van der Waals surface area (Å²) in [6.07, 6.45) is 5.34. The van der Waals surface area contributed by atoms with E-state index in [2.05, 4.69) is 5.92 Å². The minimum atomic E-state index is -0.752. The van der Waals surface area contributed by atoms with Gasteiger partial charge >= 0.3 is 0 Å². The summed E-state index contributed by atoms with van der Waals surface area (Å²) in [5.41, 5.74) is 3.53. The number of benzene rings is 2. The second-order valence-corrected chi connectivity index (χ2v) is 7.35. The molecule has 2 nitrogen and oxygen atoms in total. The molecule has 0 saturated heterocycles. The molecule has 2 aromatic rings. The van der Waals surface area contributed by atoms with Gasteiger partial charge in [-0.2, -0.15) is 0 Å². The first kappa shape index (κ1) is 18.0. The summed E-state index contributed by atoms with van der Waals surface area (Å²) in [6, 6.07) is 11.2. The second kappa shape index (κ2) is 7.22. The quantitative estimate of drug-likeness (QED) is 0.767. The molecular formula is C21H18Cl2O2. The van der Waals surface area contributed by atoms with Gasteiger partial charge < -0.3 is 5.11 Å². The smallest absolute Gasteiger partial charge is 0.143 e. The lowest BCUT2D eigenvalue weighted by Gasteiger charge is -2.20. The number of carbonyl (C=O) groups is 1. The molecule has 25 heavy (non-hydrogen) atoms. The van der Waals surface area contributed by atoms with E-state index in [1.165, 1.54) is 0 Å². The van der Waals surface area contributed by atoms with Gasteiger partial charge in [-0.05, 0) is 35.7 Å². The molecule has 0 bridgehead atoms. The summed E-state index contributed by atoms with van der Waals surface area (Å²) in [4.78, 5) is 12.5. The Balaban J connectivity index is 2.03. The first-order valence-corrected chi connectivity index (χ1v) is 8.88. The number of hydrogen-bond acceptors (Lipinski definition) is 2. The topological polar surface area (TPSA) is 37.3 Å². The minimum Gasteiger partial charge on any atom is -0.392 e. The number of Topliss-reactive ketones (excluding diaryl/α,β-unsaturated/α-hetero) is 1. The summed E-state index contributed by atoms with van der Waals surface area (Å²) in [6.45, 7) is 1.94. The number of terminal acetylenes is 1. The van der Waals surface area contributed by atoms with Crippen LogP contribution >= 0.6 is 23.2 Å². The average Bonchev–Trinajstić information content (AvgIpc) is 2.83. The van der Waals surface area contributed by atoms with Gasteiger partial charge in [-0.25, -0.2) is 0 Å². The van der Waals surface area contributed by atoms with Crippen molar-refractivity contribution >= 4 is 29.0 Å². The Bertz CT molecular complexity index is 867. The van der Waals surface area contributed by atoms with Crippen LogP contribution in [-0.4, -0.2) is 17.0 Å². The Morgan fingerprint density at radius 2 is 2.00 bits per heavy atom. The molecule has 1 saturated carbocycles. The van der Waals surface area contributed by atoms with Crippen molar-refractivity contribution in [3.63, 3.8) is 0 Å². The summed E-state index contributed by atoms with van der Waals surface area (Å²) < 4.78 is 0. The van der Waals surface area contributed by atoms with E-state index in [4.69, 9.17) is 29.6 Å². The summed E-state index contributed by atoms with van der Waals surface area (Å²) >= 11 is 12.3. The minimum absolute atomic E-state index is 0.0372. The van der Waals surface area contributed by atoms with Crippen molar-refractivity contribution in [3.8, 4) is 23.5 Å². The van der Waals surface area contributed by atoms with Gasteiger partial charge in [0.2, 0.25) is 0 Å². The monoisotopic (exact) mass is 372 g/mol. The standard InChI is InChI=1S/C21H18Cl2O2/c1-3-4-14-10-19(24)20(21(14)25)17-9-13(6-5-12(17)2)16-8-7-15(22)11-18(16)23/h1,5-9,11,14,20-21,25H,4,10H2,2H3. The molecule has 0 spiro atoms. The van der Waals surface area contributed by atoms with Crippen LogP contribution in [0.5, 0.6) is 0 Å². The SMILES string of the molecule is C#CCC1CC(=O)C(c2cc(-c3ccc(Cl)cc3Cl)ccc2C)C1O. The van der Waals surface area contributed by atoms with Crippen LogP contribution < -0.4 is 0 Å². The number of hydrogen-bond donors (Lipinski definition) is 1. The van der Waals surface area contributed by atoms with Crippen molar-refractivity contribution < 1.29 is 9.90 Å². The number of aliphatic hydroxyl groups is 1. The first-order valence-electron chi connectivity index (χ1n) is 8.12. The normalized spacial score (nSPS) is 22.8. The van der Waals surface area contributed by atoms with Crippen molar-refractivity contribution in [1.29, 1.82) is 0 Å². The zero-order chi connectivity index (χ0) is 18.1. The molecule has 0 aromatic heterocycles. The molecule has 0 aliphatic heterocycles. The fourth-order valence-electron chi connectivity index (χ4n) is 3.54. The zero-order valence-electron chi connectivity index (χ0n) is 13.8. The molecule has 0 amide bonds. The van der Waals surface area contributed by atoms with E-state index in [1.54, 1.807) is 12.1 Å². The van der Waals surface area contributed by atoms with Crippen LogP contribution in [0.3, 0.4) is 0 Å². The third-order valence-corrected chi connectivity index (χ3v) is 5.42. The van der Waals surface area contributed by atoms with E-state index in [0.29, 0.717) is 22.9 Å². The Labute approximate surface area is 157 Å².